The van der Waals surface area contributed by atoms with E-state index in [0.29, 0.717) is 0 Å². The average molecular weight is 190 g/mol. The van der Waals surface area contributed by atoms with Crippen molar-refractivity contribution in [1.82, 2.24) is 9.80 Å². The maximum Gasteiger partial charge on any atom is 0.417 e. The molecule has 4 nitrogen and oxygen atoms in total. The molecule has 0 aromatic rings. The number of amides is 1. The Bertz CT molecular complexity index is 366. The molecule has 0 radical (unpaired) electrons. The lowest BCUT2D eigenvalue weighted by molar-refractivity contribution is 0.150. The van der Waals surface area contributed by atoms with Crippen LogP contribution < -0.4 is 0 Å². The van der Waals surface area contributed by atoms with E-state index >= 15 is 0 Å². The van der Waals surface area contributed by atoms with Crippen molar-refractivity contribution in [3.8, 4) is 0 Å². The number of rotatable bonds is 0. The first kappa shape index (κ1) is 8.62. The topological polar surface area (TPSA) is 32.8 Å². The largest absolute Gasteiger partial charge is 0.452 e. The Kier molecular flexibility index (Phi) is 2.10. The van der Waals surface area contributed by atoms with Crippen molar-refractivity contribution in [3.63, 3.8) is 0 Å². The number of allylic oxidation sites excluding steroid dienone is 3. The van der Waals surface area contributed by atoms with Crippen LogP contribution in [0.2, 0.25) is 0 Å². The van der Waals surface area contributed by atoms with Gasteiger partial charge in [0.1, 0.15) is 0 Å². The molecule has 0 fully saturated rings. The number of carbonyl (C=O) groups is 1. The number of hydrogen-bond acceptors (Lipinski definition) is 3. The molecule has 2 aliphatic heterocycles. The number of ether oxygens (including phenoxy) is 1. The third-order valence-electron chi connectivity index (χ3n) is 1.97. The van der Waals surface area contributed by atoms with Crippen molar-refractivity contribution in [1.29, 1.82) is 0 Å². The van der Waals surface area contributed by atoms with Crippen LogP contribution in [-0.4, -0.2) is 23.0 Å². The predicted molar refractivity (Wildman–Crippen MR) is 51.6 cm³/mol. The van der Waals surface area contributed by atoms with Gasteiger partial charge in [0, 0.05) is 24.8 Å². The monoisotopic (exact) mass is 190 g/mol. The van der Waals surface area contributed by atoms with E-state index in [0.717, 1.165) is 5.70 Å². The summed E-state index contributed by atoms with van der Waals surface area (Å²) in [7, 11) is 1.36. The molecule has 14 heavy (non-hydrogen) atoms. The minimum Gasteiger partial charge on any atom is -0.452 e. The van der Waals surface area contributed by atoms with Gasteiger partial charge in [-0.05, 0) is 12.2 Å². The fraction of sp³-hybridized carbons (Fsp3) is 0.100. The summed E-state index contributed by atoms with van der Waals surface area (Å²) in [6.07, 6.45) is 12.4. The minimum absolute atomic E-state index is 0.392. The third-order valence-corrected chi connectivity index (χ3v) is 1.97. The summed E-state index contributed by atoms with van der Waals surface area (Å²) in [5.41, 5.74) is 0.931. The van der Waals surface area contributed by atoms with Gasteiger partial charge >= 0.3 is 6.09 Å². The highest BCUT2D eigenvalue weighted by molar-refractivity contribution is 5.70. The molecule has 0 saturated heterocycles. The van der Waals surface area contributed by atoms with Gasteiger partial charge in [0.25, 0.3) is 0 Å². The van der Waals surface area contributed by atoms with Gasteiger partial charge in [0.15, 0.2) is 0 Å². The molecule has 1 amide bonds. The molecule has 2 rings (SSSR count). The van der Waals surface area contributed by atoms with Gasteiger partial charge in [0.2, 0.25) is 0 Å². The quantitative estimate of drug-likeness (QED) is 0.583. The molecule has 0 unspecified atom stereocenters. The molecule has 2 aliphatic rings. The molecule has 0 spiro atoms. The maximum atomic E-state index is 11.2. The summed E-state index contributed by atoms with van der Waals surface area (Å²) in [4.78, 5) is 14.5. The van der Waals surface area contributed by atoms with Crippen LogP contribution in [0.4, 0.5) is 4.79 Å². The van der Waals surface area contributed by atoms with E-state index in [-0.39, 0.29) is 0 Å². The Hall–Kier alpha value is -1.97. The van der Waals surface area contributed by atoms with Crippen LogP contribution in [0.1, 0.15) is 0 Å². The van der Waals surface area contributed by atoms with Crippen LogP contribution >= 0.6 is 0 Å². The van der Waals surface area contributed by atoms with E-state index in [1.165, 1.54) is 12.0 Å². The molecule has 0 aromatic carbocycles. The standard InChI is InChI=1S/C10H10N2O2/c1-14-10(13)12-7-6-11-5-3-2-4-9(11)8-12/h2-8H,1H3. The van der Waals surface area contributed by atoms with E-state index < -0.39 is 6.09 Å². The number of fused-ring (bicyclic) bond motifs is 1. The molecule has 2 heterocycles. The van der Waals surface area contributed by atoms with E-state index in [9.17, 15) is 4.79 Å². The molecular weight excluding hydrogens is 180 g/mol. The van der Waals surface area contributed by atoms with Gasteiger partial charge in [0.05, 0.1) is 12.8 Å². The normalized spacial score (nSPS) is 17.9. The molecule has 0 aliphatic carbocycles. The Morgan fingerprint density at radius 3 is 2.93 bits per heavy atom. The van der Waals surface area contributed by atoms with Crippen molar-refractivity contribution in [2.24, 2.45) is 0 Å². The Balaban J connectivity index is 2.21. The fourth-order valence-electron chi connectivity index (χ4n) is 1.26. The summed E-state index contributed by atoms with van der Waals surface area (Å²) in [6.45, 7) is 0. The number of nitrogens with zero attached hydrogens (tertiary/aromatic N) is 2. The highest BCUT2D eigenvalue weighted by Crippen LogP contribution is 2.18. The third kappa shape index (κ3) is 1.42. The summed E-state index contributed by atoms with van der Waals surface area (Å²) in [5.74, 6) is 0. The van der Waals surface area contributed by atoms with E-state index in [4.69, 9.17) is 0 Å². The first-order valence-electron chi connectivity index (χ1n) is 4.21. The van der Waals surface area contributed by atoms with Crippen molar-refractivity contribution in [2.45, 2.75) is 0 Å². The zero-order valence-corrected chi connectivity index (χ0v) is 7.75. The minimum atomic E-state index is -0.392. The Labute approximate surface area is 82.0 Å². The molecule has 0 bridgehead atoms. The molecular formula is C10H10N2O2. The maximum absolute atomic E-state index is 11.2. The van der Waals surface area contributed by atoms with Crippen LogP contribution in [0.25, 0.3) is 0 Å². The van der Waals surface area contributed by atoms with Crippen molar-refractivity contribution in [3.05, 3.63) is 48.7 Å². The van der Waals surface area contributed by atoms with Crippen LogP contribution in [0.5, 0.6) is 0 Å². The van der Waals surface area contributed by atoms with Crippen LogP contribution in [0.15, 0.2) is 48.7 Å². The molecule has 0 saturated carbocycles. The first-order chi connectivity index (χ1) is 6.81. The molecule has 0 N–H and O–H groups in total. The number of carbonyl (C=O) groups excluding carboxylic acids is 1. The second-order valence-corrected chi connectivity index (χ2v) is 2.84. The van der Waals surface area contributed by atoms with Gasteiger partial charge in [-0.1, -0.05) is 6.08 Å². The van der Waals surface area contributed by atoms with Crippen molar-refractivity contribution >= 4 is 6.09 Å². The SMILES string of the molecule is COC(=O)N1C=CN2C=CC=CC2=C1. The van der Waals surface area contributed by atoms with Gasteiger partial charge in [-0.2, -0.15) is 0 Å². The summed E-state index contributed by atoms with van der Waals surface area (Å²) in [6, 6.07) is 0. The lowest BCUT2D eigenvalue weighted by Crippen LogP contribution is -2.26. The van der Waals surface area contributed by atoms with Crippen LogP contribution in [0, 0.1) is 0 Å². The molecule has 4 heteroatoms. The Morgan fingerprint density at radius 1 is 1.29 bits per heavy atom. The molecule has 0 atom stereocenters. The molecule has 72 valence electrons. The summed E-state index contributed by atoms with van der Waals surface area (Å²) >= 11 is 0. The average Bonchev–Trinajstić information content (AvgIpc) is 2.27. The van der Waals surface area contributed by atoms with Crippen molar-refractivity contribution < 1.29 is 9.53 Å². The Morgan fingerprint density at radius 2 is 2.14 bits per heavy atom. The van der Waals surface area contributed by atoms with E-state index in [1.54, 1.807) is 18.6 Å². The van der Waals surface area contributed by atoms with Gasteiger partial charge in [-0.3, -0.25) is 4.90 Å². The van der Waals surface area contributed by atoms with Crippen LogP contribution in [-0.2, 0) is 4.74 Å². The second-order valence-electron chi connectivity index (χ2n) is 2.84. The molecule has 0 aromatic heterocycles. The van der Waals surface area contributed by atoms with Gasteiger partial charge in [-0.15, -0.1) is 0 Å². The van der Waals surface area contributed by atoms with Crippen LogP contribution in [0.3, 0.4) is 0 Å². The summed E-state index contributed by atoms with van der Waals surface area (Å²) < 4.78 is 4.60. The summed E-state index contributed by atoms with van der Waals surface area (Å²) in [5, 5.41) is 0. The van der Waals surface area contributed by atoms with E-state index in [2.05, 4.69) is 4.74 Å². The fourth-order valence-corrected chi connectivity index (χ4v) is 1.26. The lowest BCUT2D eigenvalue weighted by atomic mass is 10.2. The zero-order valence-electron chi connectivity index (χ0n) is 7.75. The van der Waals surface area contributed by atoms with Gasteiger partial charge in [-0.25, -0.2) is 4.79 Å². The van der Waals surface area contributed by atoms with Gasteiger partial charge < -0.3 is 9.64 Å². The zero-order chi connectivity index (χ0) is 9.97. The van der Waals surface area contributed by atoms with E-state index in [1.807, 2.05) is 29.3 Å². The highest BCUT2D eigenvalue weighted by atomic mass is 16.5. The number of hydrogen-bond donors (Lipinski definition) is 0. The first-order valence-corrected chi connectivity index (χ1v) is 4.21. The predicted octanol–water partition coefficient (Wildman–Crippen LogP) is 1.77. The lowest BCUT2D eigenvalue weighted by Gasteiger charge is -2.26. The second kappa shape index (κ2) is 3.41. The number of methoxy groups -OCH3 is 1. The smallest absolute Gasteiger partial charge is 0.417 e. The highest BCUT2D eigenvalue weighted by Gasteiger charge is 2.15. The van der Waals surface area contributed by atoms with Crippen molar-refractivity contribution in [2.75, 3.05) is 7.11 Å².